The number of hydrogen-bond donors (Lipinski definition) is 1. The Morgan fingerprint density at radius 3 is 2.80 bits per heavy atom. The molecule has 0 saturated heterocycles. The summed E-state index contributed by atoms with van der Waals surface area (Å²) in [7, 11) is 0. The molecule has 6 nitrogen and oxygen atoms in total. The van der Waals surface area contributed by atoms with Crippen molar-refractivity contribution in [3.05, 3.63) is 30.5 Å². The molecule has 2 heterocycles. The maximum atomic E-state index is 12.1. The van der Waals surface area contributed by atoms with Gasteiger partial charge in [-0.2, -0.15) is 0 Å². The quantitative estimate of drug-likeness (QED) is 0.512. The normalized spacial score (nSPS) is 12.4. The van der Waals surface area contributed by atoms with E-state index in [1.54, 1.807) is 0 Å². The molecule has 0 aliphatic carbocycles. The van der Waals surface area contributed by atoms with E-state index >= 15 is 0 Å². The lowest BCUT2D eigenvalue weighted by atomic mass is 10.1. The molecule has 0 fully saturated rings. The summed E-state index contributed by atoms with van der Waals surface area (Å²) in [5, 5.41) is 10.3. The van der Waals surface area contributed by atoms with Crippen LogP contribution in [0, 0.1) is 0 Å². The van der Waals surface area contributed by atoms with Gasteiger partial charge in [-0.1, -0.05) is 36.9 Å². The first-order chi connectivity index (χ1) is 12.2. The Bertz CT molecular complexity index is 871. The van der Waals surface area contributed by atoms with Crippen LogP contribution in [0.3, 0.4) is 0 Å². The number of H-pyrrole nitrogens is 1. The molecule has 0 radical (unpaired) electrons. The lowest BCUT2D eigenvalue weighted by molar-refractivity contribution is -0.142. The minimum atomic E-state index is -0.273. The highest BCUT2D eigenvalue weighted by Gasteiger charge is 2.24. The summed E-state index contributed by atoms with van der Waals surface area (Å²) in [4.78, 5) is 15.4. The van der Waals surface area contributed by atoms with E-state index in [-0.39, 0.29) is 11.2 Å². The van der Waals surface area contributed by atoms with Crippen LogP contribution in [-0.2, 0) is 16.1 Å². The number of esters is 1. The largest absolute Gasteiger partial charge is 0.465 e. The number of aromatic nitrogens is 4. The number of fused-ring (bicyclic) bond motifs is 1. The van der Waals surface area contributed by atoms with E-state index in [0.29, 0.717) is 13.0 Å². The minimum Gasteiger partial charge on any atom is -0.465 e. The van der Waals surface area contributed by atoms with E-state index in [0.717, 1.165) is 34.0 Å². The number of para-hydroxylation sites is 1. The zero-order valence-corrected chi connectivity index (χ0v) is 15.5. The zero-order valence-electron chi connectivity index (χ0n) is 14.7. The van der Waals surface area contributed by atoms with E-state index in [1.807, 2.05) is 42.8 Å². The Hall–Kier alpha value is -2.28. The van der Waals surface area contributed by atoms with Crippen molar-refractivity contribution >= 4 is 28.6 Å². The Morgan fingerprint density at radius 1 is 1.28 bits per heavy atom. The molecule has 7 heteroatoms. The number of nitrogens with zero attached hydrogens (tertiary/aromatic N) is 3. The first-order valence-corrected chi connectivity index (χ1v) is 9.40. The monoisotopic (exact) mass is 358 g/mol. The van der Waals surface area contributed by atoms with Crippen molar-refractivity contribution in [2.45, 2.75) is 44.1 Å². The molecule has 3 rings (SSSR count). The average molecular weight is 358 g/mol. The van der Waals surface area contributed by atoms with Crippen molar-refractivity contribution in [1.29, 1.82) is 0 Å². The van der Waals surface area contributed by atoms with Crippen molar-refractivity contribution in [3.8, 4) is 11.4 Å². The van der Waals surface area contributed by atoms with Gasteiger partial charge in [0.1, 0.15) is 5.25 Å². The predicted octanol–water partition coefficient (Wildman–Crippen LogP) is 3.88. The molecule has 2 aromatic heterocycles. The molecule has 0 aliphatic heterocycles. The number of carbonyl (C=O) groups is 1. The van der Waals surface area contributed by atoms with Crippen molar-refractivity contribution in [2.75, 3.05) is 6.61 Å². The fourth-order valence-corrected chi connectivity index (χ4v) is 3.79. The third-order valence-corrected chi connectivity index (χ3v) is 5.35. The van der Waals surface area contributed by atoms with Gasteiger partial charge >= 0.3 is 5.97 Å². The Balaban J connectivity index is 1.95. The molecule has 0 aliphatic rings. The molecule has 132 valence electrons. The van der Waals surface area contributed by atoms with Gasteiger partial charge in [0.2, 0.25) is 0 Å². The van der Waals surface area contributed by atoms with Crippen LogP contribution >= 0.6 is 11.8 Å². The summed E-state index contributed by atoms with van der Waals surface area (Å²) in [6.07, 6.45) is 2.64. The summed E-state index contributed by atoms with van der Waals surface area (Å²) >= 11 is 1.42. The van der Waals surface area contributed by atoms with Gasteiger partial charge in [-0.05, 0) is 26.3 Å². The van der Waals surface area contributed by atoms with Crippen molar-refractivity contribution in [3.63, 3.8) is 0 Å². The minimum absolute atomic E-state index is 0.200. The van der Waals surface area contributed by atoms with Crippen LogP contribution in [0.4, 0.5) is 0 Å². The van der Waals surface area contributed by atoms with E-state index in [2.05, 4.69) is 28.2 Å². The zero-order chi connectivity index (χ0) is 17.8. The van der Waals surface area contributed by atoms with Crippen LogP contribution in [-0.4, -0.2) is 37.6 Å². The first kappa shape index (κ1) is 17.5. The Kier molecular flexibility index (Phi) is 5.43. The number of hydrogen-bond acceptors (Lipinski definition) is 5. The summed E-state index contributed by atoms with van der Waals surface area (Å²) in [5.41, 5.74) is 2.08. The van der Waals surface area contributed by atoms with Crippen LogP contribution in [0.2, 0.25) is 0 Å². The van der Waals surface area contributed by atoms with Gasteiger partial charge in [0.25, 0.3) is 0 Å². The second-order valence-electron chi connectivity index (χ2n) is 5.57. The van der Waals surface area contributed by atoms with Crippen LogP contribution in [0.5, 0.6) is 0 Å². The number of nitrogens with one attached hydrogen (secondary N) is 1. The maximum absolute atomic E-state index is 12.1. The molecule has 25 heavy (non-hydrogen) atoms. The summed E-state index contributed by atoms with van der Waals surface area (Å²) in [6.45, 7) is 6.96. The van der Waals surface area contributed by atoms with Gasteiger partial charge in [0, 0.05) is 29.2 Å². The van der Waals surface area contributed by atoms with Crippen molar-refractivity contribution in [2.24, 2.45) is 0 Å². The number of rotatable bonds is 7. The number of ether oxygens (including phenoxy) is 1. The number of benzene rings is 1. The first-order valence-electron chi connectivity index (χ1n) is 8.52. The van der Waals surface area contributed by atoms with E-state index < -0.39 is 0 Å². The molecule has 0 bridgehead atoms. The van der Waals surface area contributed by atoms with E-state index in [9.17, 15) is 4.79 Å². The van der Waals surface area contributed by atoms with Crippen LogP contribution in [0.15, 0.2) is 35.6 Å². The second-order valence-corrected chi connectivity index (χ2v) is 6.74. The van der Waals surface area contributed by atoms with Crippen molar-refractivity contribution < 1.29 is 9.53 Å². The summed E-state index contributed by atoms with van der Waals surface area (Å²) in [5.74, 6) is 0.607. The molecular weight excluding hydrogens is 336 g/mol. The lowest BCUT2D eigenvalue weighted by Gasteiger charge is -2.13. The number of aromatic amines is 1. The topological polar surface area (TPSA) is 72.8 Å². The van der Waals surface area contributed by atoms with Gasteiger partial charge in [-0.3, -0.25) is 4.79 Å². The highest BCUT2D eigenvalue weighted by molar-refractivity contribution is 8.00. The van der Waals surface area contributed by atoms with Gasteiger partial charge in [-0.15, -0.1) is 10.2 Å². The Morgan fingerprint density at radius 2 is 2.08 bits per heavy atom. The van der Waals surface area contributed by atoms with Crippen molar-refractivity contribution in [1.82, 2.24) is 19.7 Å². The number of thioether (sulfide) groups is 1. The molecule has 0 saturated carbocycles. The predicted molar refractivity (Wildman–Crippen MR) is 99.6 cm³/mol. The molecule has 0 spiro atoms. The van der Waals surface area contributed by atoms with Crippen LogP contribution in [0.25, 0.3) is 22.3 Å². The van der Waals surface area contributed by atoms with E-state index in [4.69, 9.17) is 4.74 Å². The van der Waals surface area contributed by atoms with Crippen LogP contribution < -0.4 is 0 Å². The molecule has 3 aromatic rings. The Labute approximate surface area is 151 Å². The summed E-state index contributed by atoms with van der Waals surface area (Å²) in [6, 6.07) is 8.11. The van der Waals surface area contributed by atoms with Gasteiger partial charge in [-0.25, -0.2) is 0 Å². The molecule has 1 atom stereocenters. The van der Waals surface area contributed by atoms with E-state index in [1.165, 1.54) is 11.8 Å². The smallest absolute Gasteiger partial charge is 0.319 e. The molecule has 1 N–H and O–H groups in total. The van der Waals surface area contributed by atoms with Crippen LogP contribution in [0.1, 0.15) is 27.2 Å². The molecular formula is C18H22N4O2S. The molecule has 0 unspecified atom stereocenters. The molecule has 1 aromatic carbocycles. The standard InChI is InChI=1S/C18H22N4O2S/c1-4-15(17(23)24-6-3)25-18-21-20-16(22(18)5-2)13-11-19-14-10-8-7-9-12(13)14/h7-11,15,19H,4-6H2,1-3H3/t15-/m0/s1. The van der Waals surface area contributed by atoms with Gasteiger partial charge < -0.3 is 14.3 Å². The number of carbonyl (C=O) groups excluding carboxylic acids is 1. The highest BCUT2D eigenvalue weighted by atomic mass is 32.2. The third kappa shape index (κ3) is 3.42. The average Bonchev–Trinajstić information content (AvgIpc) is 3.22. The lowest BCUT2D eigenvalue weighted by Crippen LogP contribution is -2.20. The second kappa shape index (κ2) is 7.74. The van der Waals surface area contributed by atoms with Gasteiger partial charge in [0.05, 0.1) is 6.61 Å². The molecule has 0 amide bonds. The fourth-order valence-electron chi connectivity index (χ4n) is 2.78. The maximum Gasteiger partial charge on any atom is 0.319 e. The third-order valence-electron chi connectivity index (χ3n) is 4.03. The summed E-state index contributed by atoms with van der Waals surface area (Å²) < 4.78 is 7.20. The fraction of sp³-hybridized carbons (Fsp3) is 0.389. The van der Waals surface area contributed by atoms with Gasteiger partial charge in [0.15, 0.2) is 11.0 Å². The highest BCUT2D eigenvalue weighted by Crippen LogP contribution is 2.32. The SMILES string of the molecule is CCOC(=O)[C@H](CC)Sc1nnc(-c2c[nH]c3ccccc23)n1CC.